The minimum atomic E-state index is 0.108. The van der Waals surface area contributed by atoms with E-state index >= 15 is 0 Å². The van der Waals surface area contributed by atoms with Crippen LogP contribution in [0, 0.1) is 17.8 Å². The number of hydrogen-bond donors (Lipinski definition) is 0. The minimum absolute atomic E-state index is 0.108. The Morgan fingerprint density at radius 1 is 1.00 bits per heavy atom. The number of ether oxygens (including phenoxy) is 1. The zero-order chi connectivity index (χ0) is 14.0. The molecule has 18 heavy (non-hydrogen) atoms. The second kappa shape index (κ2) is 5.44. The van der Waals surface area contributed by atoms with Crippen molar-refractivity contribution in [2.24, 2.45) is 10.8 Å². The fourth-order valence-corrected chi connectivity index (χ4v) is 2.02. The molecule has 0 fully saturated rings. The van der Waals surface area contributed by atoms with Crippen molar-refractivity contribution in [2.45, 2.75) is 54.6 Å². The maximum absolute atomic E-state index is 6.24. The molecule has 1 unspecified atom stereocenters. The third-order valence-electron chi connectivity index (χ3n) is 2.94. The maximum Gasteiger partial charge on any atom is 0.0875 e. The van der Waals surface area contributed by atoms with Gasteiger partial charge in [-0.3, -0.25) is 0 Å². The summed E-state index contributed by atoms with van der Waals surface area (Å²) < 4.78 is 6.24. The molecule has 1 rings (SSSR count). The Morgan fingerprint density at radius 2 is 1.56 bits per heavy atom. The maximum atomic E-state index is 6.24. The SMILES string of the molecule is Cc1ccccc1C(OCC(C)(C)C)C(C)(C)C. The molecule has 0 radical (unpaired) electrons. The zero-order valence-corrected chi connectivity index (χ0v) is 13.0. The average Bonchev–Trinajstić information content (AvgIpc) is 2.17. The lowest BCUT2D eigenvalue weighted by Gasteiger charge is -2.34. The van der Waals surface area contributed by atoms with E-state index in [4.69, 9.17) is 4.74 Å². The molecule has 0 bridgehead atoms. The monoisotopic (exact) mass is 248 g/mol. The third kappa shape index (κ3) is 4.45. The van der Waals surface area contributed by atoms with Crippen molar-refractivity contribution in [1.29, 1.82) is 0 Å². The van der Waals surface area contributed by atoms with Crippen molar-refractivity contribution in [3.05, 3.63) is 35.4 Å². The molecule has 1 heteroatoms. The van der Waals surface area contributed by atoms with E-state index in [-0.39, 0.29) is 16.9 Å². The van der Waals surface area contributed by atoms with Gasteiger partial charge in [-0.1, -0.05) is 65.8 Å². The predicted octanol–water partition coefficient (Wildman–Crippen LogP) is 5.14. The van der Waals surface area contributed by atoms with Crippen LogP contribution in [0.3, 0.4) is 0 Å². The molecule has 1 aromatic rings. The number of rotatable bonds is 3. The van der Waals surface area contributed by atoms with Gasteiger partial charge < -0.3 is 4.74 Å². The third-order valence-corrected chi connectivity index (χ3v) is 2.94. The van der Waals surface area contributed by atoms with Gasteiger partial charge >= 0.3 is 0 Å². The molecule has 0 spiro atoms. The summed E-state index contributed by atoms with van der Waals surface area (Å²) in [6.07, 6.45) is 0.151. The highest BCUT2D eigenvalue weighted by Crippen LogP contribution is 2.38. The van der Waals surface area contributed by atoms with Crippen molar-refractivity contribution in [2.75, 3.05) is 6.61 Å². The number of hydrogen-bond acceptors (Lipinski definition) is 1. The van der Waals surface area contributed by atoms with Gasteiger partial charge in [0.15, 0.2) is 0 Å². The first-order valence-corrected chi connectivity index (χ1v) is 6.78. The summed E-state index contributed by atoms with van der Waals surface area (Å²) in [6.45, 7) is 16.3. The van der Waals surface area contributed by atoms with Gasteiger partial charge in [0.2, 0.25) is 0 Å². The van der Waals surface area contributed by atoms with Crippen LogP contribution in [0.15, 0.2) is 24.3 Å². The van der Waals surface area contributed by atoms with Crippen LogP contribution < -0.4 is 0 Å². The van der Waals surface area contributed by atoms with Gasteiger partial charge in [0.05, 0.1) is 12.7 Å². The largest absolute Gasteiger partial charge is 0.372 e. The van der Waals surface area contributed by atoms with Gasteiger partial charge in [0.1, 0.15) is 0 Å². The lowest BCUT2D eigenvalue weighted by atomic mass is 9.82. The van der Waals surface area contributed by atoms with Crippen LogP contribution in [0.4, 0.5) is 0 Å². The van der Waals surface area contributed by atoms with E-state index in [2.05, 4.69) is 72.7 Å². The summed E-state index contributed by atoms with van der Waals surface area (Å²) in [7, 11) is 0. The Labute approximate surface area is 113 Å². The van der Waals surface area contributed by atoms with Crippen LogP contribution in [-0.2, 0) is 4.74 Å². The van der Waals surface area contributed by atoms with Crippen molar-refractivity contribution >= 4 is 0 Å². The first kappa shape index (κ1) is 15.2. The summed E-state index contributed by atoms with van der Waals surface area (Å²) in [6, 6.07) is 8.53. The van der Waals surface area contributed by atoms with Crippen LogP contribution in [-0.4, -0.2) is 6.61 Å². The Balaban J connectivity index is 2.97. The topological polar surface area (TPSA) is 9.23 Å². The molecule has 0 saturated heterocycles. The minimum Gasteiger partial charge on any atom is -0.372 e. The summed E-state index contributed by atoms with van der Waals surface area (Å²) in [4.78, 5) is 0. The molecule has 102 valence electrons. The fraction of sp³-hybridized carbons (Fsp3) is 0.647. The van der Waals surface area contributed by atoms with E-state index in [0.717, 1.165) is 6.61 Å². The summed E-state index contributed by atoms with van der Waals surface area (Å²) in [5, 5.41) is 0. The standard InChI is InChI=1S/C17H28O/c1-13-10-8-9-11-14(13)15(17(5,6)7)18-12-16(2,3)4/h8-11,15H,12H2,1-7H3. The summed E-state index contributed by atoms with van der Waals surface area (Å²) in [5.74, 6) is 0. The van der Waals surface area contributed by atoms with E-state index in [1.54, 1.807) is 0 Å². The van der Waals surface area contributed by atoms with Crippen molar-refractivity contribution in [3.63, 3.8) is 0 Å². The van der Waals surface area contributed by atoms with Gasteiger partial charge in [-0.15, -0.1) is 0 Å². The van der Waals surface area contributed by atoms with Gasteiger partial charge in [0.25, 0.3) is 0 Å². The molecule has 0 amide bonds. The van der Waals surface area contributed by atoms with Crippen LogP contribution in [0.25, 0.3) is 0 Å². The highest BCUT2D eigenvalue weighted by atomic mass is 16.5. The van der Waals surface area contributed by atoms with Gasteiger partial charge in [-0.2, -0.15) is 0 Å². The molecular weight excluding hydrogens is 220 g/mol. The molecule has 0 aromatic heterocycles. The van der Waals surface area contributed by atoms with Crippen LogP contribution in [0.5, 0.6) is 0 Å². The summed E-state index contributed by atoms with van der Waals surface area (Å²) >= 11 is 0. The highest BCUT2D eigenvalue weighted by Gasteiger charge is 2.29. The van der Waals surface area contributed by atoms with E-state index in [9.17, 15) is 0 Å². The lowest BCUT2D eigenvalue weighted by Crippen LogP contribution is -2.26. The van der Waals surface area contributed by atoms with Crippen molar-refractivity contribution in [1.82, 2.24) is 0 Å². The average molecular weight is 248 g/mol. The Kier molecular flexibility index (Phi) is 4.61. The first-order chi connectivity index (χ1) is 8.11. The molecule has 0 aliphatic carbocycles. The second-order valence-corrected chi connectivity index (χ2v) is 7.47. The van der Waals surface area contributed by atoms with Crippen LogP contribution in [0.1, 0.15) is 58.8 Å². The Hall–Kier alpha value is -0.820. The smallest absolute Gasteiger partial charge is 0.0875 e. The molecule has 1 aromatic carbocycles. The van der Waals surface area contributed by atoms with E-state index in [1.807, 2.05) is 0 Å². The Bertz CT molecular complexity index is 379. The molecular formula is C17H28O. The molecule has 0 aliphatic heterocycles. The van der Waals surface area contributed by atoms with E-state index in [1.165, 1.54) is 11.1 Å². The molecule has 0 aliphatic rings. The van der Waals surface area contributed by atoms with E-state index in [0.29, 0.717) is 0 Å². The highest BCUT2D eigenvalue weighted by molar-refractivity contribution is 5.28. The first-order valence-electron chi connectivity index (χ1n) is 6.78. The lowest BCUT2D eigenvalue weighted by molar-refractivity contribution is -0.0499. The number of benzene rings is 1. The molecule has 1 atom stereocenters. The molecule has 0 N–H and O–H groups in total. The fourth-order valence-electron chi connectivity index (χ4n) is 2.02. The van der Waals surface area contributed by atoms with Gasteiger partial charge in [0, 0.05) is 0 Å². The van der Waals surface area contributed by atoms with Crippen molar-refractivity contribution < 1.29 is 4.74 Å². The second-order valence-electron chi connectivity index (χ2n) is 7.47. The van der Waals surface area contributed by atoms with Gasteiger partial charge in [-0.25, -0.2) is 0 Å². The van der Waals surface area contributed by atoms with Crippen molar-refractivity contribution in [3.8, 4) is 0 Å². The van der Waals surface area contributed by atoms with Gasteiger partial charge in [-0.05, 0) is 28.9 Å². The summed E-state index contributed by atoms with van der Waals surface area (Å²) in [5.41, 5.74) is 2.93. The van der Waals surface area contributed by atoms with Crippen LogP contribution >= 0.6 is 0 Å². The normalized spacial score (nSPS) is 14.6. The van der Waals surface area contributed by atoms with Crippen LogP contribution in [0.2, 0.25) is 0 Å². The Morgan fingerprint density at radius 3 is 2.00 bits per heavy atom. The molecule has 0 heterocycles. The predicted molar refractivity (Wildman–Crippen MR) is 78.8 cm³/mol. The quantitative estimate of drug-likeness (QED) is 0.719. The molecule has 0 saturated carbocycles. The zero-order valence-electron chi connectivity index (χ0n) is 13.0. The molecule has 1 nitrogen and oxygen atoms in total. The van der Waals surface area contributed by atoms with E-state index < -0.39 is 0 Å². The number of aryl methyl sites for hydroxylation is 1.